The summed E-state index contributed by atoms with van der Waals surface area (Å²) in [5.74, 6) is -0.251. The molecule has 0 saturated carbocycles. The maximum atomic E-state index is 10.9. The molecule has 0 bridgehead atoms. The molecule has 1 amide bonds. The second-order valence-corrected chi connectivity index (χ2v) is 5.26. The van der Waals surface area contributed by atoms with Crippen LogP contribution in [0.15, 0.2) is 0 Å². The minimum Gasteiger partial charge on any atom is -0.370 e. The van der Waals surface area contributed by atoms with E-state index in [4.69, 9.17) is 11.5 Å². The quantitative estimate of drug-likeness (QED) is 0.726. The van der Waals surface area contributed by atoms with Gasteiger partial charge in [-0.1, -0.05) is 20.3 Å². The molecular weight excluding hydrogens is 202 g/mol. The monoisotopic (exact) mass is 227 g/mol. The summed E-state index contributed by atoms with van der Waals surface area (Å²) in [6.07, 6.45) is 4.00. The molecule has 0 spiro atoms. The molecule has 1 fully saturated rings. The van der Waals surface area contributed by atoms with E-state index in [1.807, 2.05) is 0 Å². The van der Waals surface area contributed by atoms with Crippen molar-refractivity contribution in [3.8, 4) is 0 Å². The number of amides is 1. The van der Waals surface area contributed by atoms with Crippen molar-refractivity contribution in [2.45, 2.75) is 45.6 Å². The van der Waals surface area contributed by atoms with Gasteiger partial charge < -0.3 is 11.5 Å². The summed E-state index contributed by atoms with van der Waals surface area (Å²) >= 11 is 0. The lowest BCUT2D eigenvalue weighted by atomic mass is 9.78. The Labute approximate surface area is 98.3 Å². The fourth-order valence-corrected chi connectivity index (χ4v) is 2.38. The third-order valence-corrected chi connectivity index (χ3v) is 4.08. The first-order chi connectivity index (χ1) is 7.50. The number of hydrogen-bond donors (Lipinski definition) is 2. The van der Waals surface area contributed by atoms with Gasteiger partial charge in [0.2, 0.25) is 5.91 Å². The van der Waals surface area contributed by atoms with E-state index < -0.39 is 0 Å². The Balaban J connectivity index is 2.48. The summed E-state index contributed by atoms with van der Waals surface area (Å²) in [5, 5.41) is 0. The van der Waals surface area contributed by atoms with Crippen LogP contribution in [-0.2, 0) is 4.79 Å². The normalized spacial score (nSPS) is 22.9. The first-order valence-electron chi connectivity index (χ1n) is 6.23. The Morgan fingerprint density at radius 2 is 2.00 bits per heavy atom. The third kappa shape index (κ3) is 3.46. The van der Waals surface area contributed by atoms with Gasteiger partial charge in [0.15, 0.2) is 0 Å². The van der Waals surface area contributed by atoms with Crippen molar-refractivity contribution < 1.29 is 4.79 Å². The van der Waals surface area contributed by atoms with Gasteiger partial charge in [0.25, 0.3) is 0 Å². The van der Waals surface area contributed by atoms with E-state index in [0.717, 1.165) is 13.1 Å². The molecule has 94 valence electrons. The third-order valence-electron chi connectivity index (χ3n) is 4.08. The highest BCUT2D eigenvalue weighted by Crippen LogP contribution is 2.34. The van der Waals surface area contributed by atoms with Crippen molar-refractivity contribution in [1.82, 2.24) is 4.90 Å². The smallest absolute Gasteiger partial charge is 0.219 e. The van der Waals surface area contributed by atoms with E-state index in [1.54, 1.807) is 0 Å². The average molecular weight is 227 g/mol. The van der Waals surface area contributed by atoms with Crippen LogP contribution in [0.2, 0.25) is 0 Å². The SMILES string of the molecule is CCC1(C)CCN(C(CN)CC(N)=O)CC1. The second kappa shape index (κ2) is 5.64. The lowest BCUT2D eigenvalue weighted by Crippen LogP contribution is -2.48. The molecule has 0 aromatic rings. The zero-order valence-corrected chi connectivity index (χ0v) is 10.5. The van der Waals surface area contributed by atoms with E-state index in [2.05, 4.69) is 18.7 Å². The second-order valence-electron chi connectivity index (χ2n) is 5.26. The van der Waals surface area contributed by atoms with Crippen LogP contribution in [-0.4, -0.2) is 36.5 Å². The van der Waals surface area contributed by atoms with Gasteiger partial charge in [0.1, 0.15) is 0 Å². The van der Waals surface area contributed by atoms with Gasteiger partial charge in [-0.15, -0.1) is 0 Å². The minimum atomic E-state index is -0.251. The van der Waals surface area contributed by atoms with Gasteiger partial charge in [0.05, 0.1) is 0 Å². The topological polar surface area (TPSA) is 72.3 Å². The van der Waals surface area contributed by atoms with E-state index >= 15 is 0 Å². The Kier molecular flexibility index (Phi) is 4.74. The summed E-state index contributed by atoms with van der Waals surface area (Å²) in [4.78, 5) is 13.3. The van der Waals surface area contributed by atoms with Gasteiger partial charge in [-0.3, -0.25) is 9.69 Å². The molecule has 0 aromatic carbocycles. The van der Waals surface area contributed by atoms with Crippen molar-refractivity contribution >= 4 is 5.91 Å². The number of piperidine rings is 1. The zero-order valence-electron chi connectivity index (χ0n) is 10.5. The molecule has 1 aliphatic heterocycles. The number of nitrogens with two attached hydrogens (primary N) is 2. The summed E-state index contributed by atoms with van der Waals surface area (Å²) in [7, 11) is 0. The van der Waals surface area contributed by atoms with Crippen molar-refractivity contribution in [2.75, 3.05) is 19.6 Å². The van der Waals surface area contributed by atoms with Crippen LogP contribution in [0.25, 0.3) is 0 Å². The number of rotatable bonds is 5. The Morgan fingerprint density at radius 1 is 1.44 bits per heavy atom. The molecule has 16 heavy (non-hydrogen) atoms. The average Bonchev–Trinajstić information content (AvgIpc) is 2.27. The molecule has 1 unspecified atom stereocenters. The van der Waals surface area contributed by atoms with Gasteiger partial charge in [-0.05, 0) is 31.3 Å². The summed E-state index contributed by atoms with van der Waals surface area (Å²) in [5.41, 5.74) is 11.4. The Bertz CT molecular complexity index is 234. The highest BCUT2D eigenvalue weighted by molar-refractivity contribution is 5.74. The van der Waals surface area contributed by atoms with Crippen LogP contribution in [0.4, 0.5) is 0 Å². The maximum Gasteiger partial charge on any atom is 0.219 e. The standard InChI is InChI=1S/C12H25N3O/c1-3-12(2)4-6-15(7-5-12)10(9-13)8-11(14)16/h10H,3-9,13H2,1-2H3,(H2,14,16). The zero-order chi connectivity index (χ0) is 12.2. The number of nitrogens with zero attached hydrogens (tertiary/aromatic N) is 1. The molecule has 1 rings (SSSR count). The predicted octanol–water partition coefficient (Wildman–Crippen LogP) is 0.701. The van der Waals surface area contributed by atoms with Crippen LogP contribution in [0, 0.1) is 5.41 Å². The molecular formula is C12H25N3O. The van der Waals surface area contributed by atoms with Crippen molar-refractivity contribution in [2.24, 2.45) is 16.9 Å². The molecule has 4 nitrogen and oxygen atoms in total. The Morgan fingerprint density at radius 3 is 2.38 bits per heavy atom. The molecule has 4 heteroatoms. The molecule has 0 aliphatic carbocycles. The largest absolute Gasteiger partial charge is 0.370 e. The lowest BCUT2D eigenvalue weighted by molar-refractivity contribution is -0.119. The Hall–Kier alpha value is -0.610. The van der Waals surface area contributed by atoms with E-state index in [0.29, 0.717) is 18.4 Å². The summed E-state index contributed by atoms with van der Waals surface area (Å²) in [6, 6.07) is 0.138. The maximum absolute atomic E-state index is 10.9. The lowest BCUT2D eigenvalue weighted by Gasteiger charge is -2.42. The molecule has 1 saturated heterocycles. The van der Waals surface area contributed by atoms with Gasteiger partial charge in [-0.25, -0.2) is 0 Å². The van der Waals surface area contributed by atoms with Crippen LogP contribution < -0.4 is 11.5 Å². The predicted molar refractivity (Wildman–Crippen MR) is 65.9 cm³/mol. The van der Waals surface area contributed by atoms with Gasteiger partial charge in [-0.2, -0.15) is 0 Å². The number of likely N-dealkylation sites (tertiary alicyclic amines) is 1. The van der Waals surface area contributed by atoms with Crippen LogP contribution in [0.5, 0.6) is 0 Å². The van der Waals surface area contributed by atoms with Crippen LogP contribution in [0.1, 0.15) is 39.5 Å². The van der Waals surface area contributed by atoms with Crippen molar-refractivity contribution in [3.63, 3.8) is 0 Å². The summed E-state index contributed by atoms with van der Waals surface area (Å²) in [6.45, 7) is 7.19. The first-order valence-corrected chi connectivity index (χ1v) is 6.23. The number of carbonyl (C=O) groups is 1. The molecule has 4 N–H and O–H groups in total. The molecule has 1 heterocycles. The highest BCUT2D eigenvalue weighted by atomic mass is 16.1. The van der Waals surface area contributed by atoms with Crippen LogP contribution >= 0.6 is 0 Å². The molecule has 0 radical (unpaired) electrons. The van der Waals surface area contributed by atoms with Gasteiger partial charge in [0, 0.05) is 19.0 Å². The summed E-state index contributed by atoms with van der Waals surface area (Å²) < 4.78 is 0. The van der Waals surface area contributed by atoms with E-state index in [1.165, 1.54) is 19.3 Å². The highest BCUT2D eigenvalue weighted by Gasteiger charge is 2.31. The molecule has 1 atom stereocenters. The fraction of sp³-hybridized carbons (Fsp3) is 0.917. The first kappa shape index (κ1) is 13.5. The molecule has 0 aromatic heterocycles. The van der Waals surface area contributed by atoms with Crippen molar-refractivity contribution in [3.05, 3.63) is 0 Å². The number of carbonyl (C=O) groups excluding carboxylic acids is 1. The van der Waals surface area contributed by atoms with Gasteiger partial charge >= 0.3 is 0 Å². The molecule has 1 aliphatic rings. The number of primary amides is 1. The van der Waals surface area contributed by atoms with E-state index in [-0.39, 0.29) is 11.9 Å². The number of hydrogen-bond acceptors (Lipinski definition) is 3. The van der Waals surface area contributed by atoms with Crippen molar-refractivity contribution in [1.29, 1.82) is 0 Å². The fourth-order valence-electron chi connectivity index (χ4n) is 2.38. The minimum absolute atomic E-state index is 0.138. The van der Waals surface area contributed by atoms with Crippen LogP contribution in [0.3, 0.4) is 0 Å². The van der Waals surface area contributed by atoms with E-state index in [9.17, 15) is 4.79 Å².